The second-order valence-corrected chi connectivity index (χ2v) is 4.19. The lowest BCUT2D eigenvalue weighted by Crippen LogP contribution is -2.11. The zero-order valence-corrected chi connectivity index (χ0v) is 9.41. The average Bonchev–Trinajstić information content (AvgIpc) is 2.59. The molecule has 16 heavy (non-hydrogen) atoms. The molecule has 82 valence electrons. The molecule has 0 unspecified atom stereocenters. The number of hydrogen-bond acceptors (Lipinski definition) is 5. The van der Waals surface area contributed by atoms with Gasteiger partial charge in [-0.3, -0.25) is 15.1 Å². The Hall–Kier alpha value is -1.95. The molecule has 2 rings (SSSR count). The topological polar surface area (TPSA) is 80.9 Å². The molecule has 0 aliphatic carbocycles. The zero-order chi connectivity index (χ0) is 11.5. The molecule has 0 aromatic carbocycles. The highest BCUT2D eigenvalue weighted by Gasteiger charge is 2.09. The highest BCUT2D eigenvalue weighted by Crippen LogP contribution is 2.24. The Balaban J connectivity index is 2.14. The van der Waals surface area contributed by atoms with Crippen LogP contribution in [0.1, 0.15) is 16.1 Å². The summed E-state index contributed by atoms with van der Waals surface area (Å²) in [4.78, 5) is 19.7. The maximum Gasteiger partial charge on any atom is 0.257 e. The maximum absolute atomic E-state index is 11.7. The van der Waals surface area contributed by atoms with E-state index in [1.165, 1.54) is 11.3 Å². The van der Waals surface area contributed by atoms with E-state index in [1.807, 2.05) is 0 Å². The summed E-state index contributed by atoms with van der Waals surface area (Å²) in [5, 5.41) is 3.81. The number of thiazole rings is 1. The first-order valence-corrected chi connectivity index (χ1v) is 5.43. The summed E-state index contributed by atoms with van der Waals surface area (Å²) < 4.78 is 0. The standard InChI is InChI=1S/C10H10N4OS/c1-6-8(11)16-10(13-6)14-9(15)7-2-4-12-5-3-7/h2-5H,11H2,1H3,(H,13,14,15). The molecule has 2 aromatic rings. The summed E-state index contributed by atoms with van der Waals surface area (Å²) in [7, 11) is 0. The molecule has 0 aliphatic rings. The molecule has 0 radical (unpaired) electrons. The van der Waals surface area contributed by atoms with Crippen molar-refractivity contribution in [2.45, 2.75) is 6.92 Å². The first-order chi connectivity index (χ1) is 7.66. The number of anilines is 2. The molecule has 0 atom stereocenters. The Morgan fingerprint density at radius 2 is 2.12 bits per heavy atom. The van der Waals surface area contributed by atoms with Gasteiger partial charge in [-0.2, -0.15) is 0 Å². The Labute approximate surface area is 96.3 Å². The fourth-order valence-electron chi connectivity index (χ4n) is 1.13. The van der Waals surface area contributed by atoms with Crippen molar-refractivity contribution in [3.8, 4) is 0 Å². The van der Waals surface area contributed by atoms with E-state index in [9.17, 15) is 4.79 Å². The number of nitrogens with two attached hydrogens (primary N) is 1. The lowest BCUT2D eigenvalue weighted by molar-refractivity contribution is 0.102. The molecule has 2 aromatic heterocycles. The van der Waals surface area contributed by atoms with Crippen LogP contribution in [0.3, 0.4) is 0 Å². The van der Waals surface area contributed by atoms with Crippen LogP contribution in [0.15, 0.2) is 24.5 Å². The number of carbonyl (C=O) groups is 1. The van der Waals surface area contributed by atoms with Gasteiger partial charge in [-0.25, -0.2) is 4.98 Å². The second kappa shape index (κ2) is 4.28. The van der Waals surface area contributed by atoms with Crippen molar-refractivity contribution >= 4 is 27.4 Å². The highest BCUT2D eigenvalue weighted by molar-refractivity contribution is 7.19. The van der Waals surface area contributed by atoms with Crippen molar-refractivity contribution in [1.82, 2.24) is 9.97 Å². The van der Waals surface area contributed by atoms with Crippen molar-refractivity contribution < 1.29 is 4.79 Å². The average molecular weight is 234 g/mol. The molecule has 1 amide bonds. The fourth-order valence-corrected chi connectivity index (χ4v) is 1.86. The van der Waals surface area contributed by atoms with E-state index in [1.54, 1.807) is 31.5 Å². The van der Waals surface area contributed by atoms with E-state index < -0.39 is 0 Å². The molecule has 0 bridgehead atoms. The van der Waals surface area contributed by atoms with Crippen molar-refractivity contribution in [3.05, 3.63) is 35.8 Å². The predicted octanol–water partition coefficient (Wildman–Crippen LogP) is 1.68. The number of carbonyl (C=O) groups excluding carboxylic acids is 1. The van der Waals surface area contributed by atoms with Gasteiger partial charge in [0, 0.05) is 18.0 Å². The molecule has 0 saturated heterocycles. The molecule has 0 spiro atoms. The van der Waals surface area contributed by atoms with Crippen LogP contribution >= 0.6 is 11.3 Å². The van der Waals surface area contributed by atoms with E-state index in [0.29, 0.717) is 15.7 Å². The minimum absolute atomic E-state index is 0.212. The van der Waals surface area contributed by atoms with Crippen LogP contribution in [0, 0.1) is 6.92 Å². The van der Waals surface area contributed by atoms with E-state index >= 15 is 0 Å². The second-order valence-electron chi connectivity index (χ2n) is 3.16. The summed E-state index contributed by atoms with van der Waals surface area (Å²) in [5.41, 5.74) is 6.92. The van der Waals surface area contributed by atoms with Gasteiger partial charge in [-0.1, -0.05) is 11.3 Å². The van der Waals surface area contributed by atoms with Gasteiger partial charge in [-0.15, -0.1) is 0 Å². The molecule has 0 saturated carbocycles. The predicted molar refractivity (Wildman–Crippen MR) is 63.5 cm³/mol. The van der Waals surface area contributed by atoms with Crippen LogP contribution in [0.2, 0.25) is 0 Å². The van der Waals surface area contributed by atoms with Crippen LogP contribution in [0.25, 0.3) is 0 Å². The lowest BCUT2D eigenvalue weighted by atomic mass is 10.2. The molecule has 6 heteroatoms. The third-order valence-corrected chi connectivity index (χ3v) is 2.90. The summed E-state index contributed by atoms with van der Waals surface area (Å²) in [5.74, 6) is -0.212. The number of aryl methyl sites for hydroxylation is 1. The number of aromatic nitrogens is 2. The molecule has 0 aliphatic heterocycles. The molecular weight excluding hydrogens is 224 g/mol. The number of pyridine rings is 1. The molecular formula is C10H10N4OS. The van der Waals surface area contributed by atoms with Crippen LogP contribution in [-0.4, -0.2) is 15.9 Å². The number of rotatable bonds is 2. The largest absolute Gasteiger partial charge is 0.389 e. The van der Waals surface area contributed by atoms with Crippen LogP contribution in [0.5, 0.6) is 0 Å². The smallest absolute Gasteiger partial charge is 0.257 e. The van der Waals surface area contributed by atoms with Gasteiger partial charge in [0.15, 0.2) is 5.13 Å². The molecule has 5 nitrogen and oxygen atoms in total. The number of nitrogen functional groups attached to an aromatic ring is 1. The Morgan fingerprint density at radius 1 is 1.44 bits per heavy atom. The fraction of sp³-hybridized carbons (Fsp3) is 0.100. The maximum atomic E-state index is 11.7. The number of amides is 1. The minimum Gasteiger partial charge on any atom is -0.389 e. The SMILES string of the molecule is Cc1nc(NC(=O)c2ccncc2)sc1N. The highest BCUT2D eigenvalue weighted by atomic mass is 32.1. The molecule has 2 heterocycles. The van der Waals surface area contributed by atoms with E-state index in [4.69, 9.17) is 5.73 Å². The van der Waals surface area contributed by atoms with Crippen LogP contribution < -0.4 is 11.1 Å². The first-order valence-electron chi connectivity index (χ1n) is 4.61. The summed E-state index contributed by atoms with van der Waals surface area (Å²) >= 11 is 1.26. The van der Waals surface area contributed by atoms with Gasteiger partial charge >= 0.3 is 0 Å². The van der Waals surface area contributed by atoms with Gasteiger partial charge in [0.25, 0.3) is 5.91 Å². The van der Waals surface area contributed by atoms with Crippen LogP contribution in [0.4, 0.5) is 10.1 Å². The van der Waals surface area contributed by atoms with Crippen LogP contribution in [-0.2, 0) is 0 Å². The molecule has 0 fully saturated rings. The van der Waals surface area contributed by atoms with Crippen molar-refractivity contribution in [1.29, 1.82) is 0 Å². The number of nitrogens with zero attached hydrogens (tertiary/aromatic N) is 2. The lowest BCUT2D eigenvalue weighted by Gasteiger charge is -1.99. The van der Waals surface area contributed by atoms with Gasteiger partial charge in [-0.05, 0) is 19.1 Å². The van der Waals surface area contributed by atoms with Gasteiger partial charge in [0.1, 0.15) is 5.00 Å². The summed E-state index contributed by atoms with van der Waals surface area (Å²) in [6.45, 7) is 1.80. The van der Waals surface area contributed by atoms with Gasteiger partial charge < -0.3 is 5.73 Å². The third-order valence-electron chi connectivity index (χ3n) is 2.00. The number of nitrogens with one attached hydrogen (secondary N) is 1. The summed E-state index contributed by atoms with van der Waals surface area (Å²) in [6.07, 6.45) is 3.13. The minimum atomic E-state index is -0.212. The number of hydrogen-bond donors (Lipinski definition) is 2. The van der Waals surface area contributed by atoms with Crippen molar-refractivity contribution in [2.24, 2.45) is 0 Å². The van der Waals surface area contributed by atoms with E-state index in [2.05, 4.69) is 15.3 Å². The third kappa shape index (κ3) is 2.17. The Morgan fingerprint density at radius 3 is 2.69 bits per heavy atom. The zero-order valence-electron chi connectivity index (χ0n) is 8.60. The first kappa shape index (κ1) is 10.6. The van der Waals surface area contributed by atoms with Crippen molar-refractivity contribution in [2.75, 3.05) is 11.1 Å². The quantitative estimate of drug-likeness (QED) is 0.828. The normalized spacial score (nSPS) is 10.1. The van der Waals surface area contributed by atoms with E-state index in [0.717, 1.165) is 5.69 Å². The van der Waals surface area contributed by atoms with Crippen molar-refractivity contribution in [3.63, 3.8) is 0 Å². The monoisotopic (exact) mass is 234 g/mol. The van der Waals surface area contributed by atoms with E-state index in [-0.39, 0.29) is 5.91 Å². The van der Waals surface area contributed by atoms with Gasteiger partial charge in [0.2, 0.25) is 0 Å². The summed E-state index contributed by atoms with van der Waals surface area (Å²) in [6, 6.07) is 3.28. The molecule has 3 N–H and O–H groups in total. The van der Waals surface area contributed by atoms with Gasteiger partial charge in [0.05, 0.1) is 5.69 Å². The Kier molecular flexibility index (Phi) is 2.82. The Bertz CT molecular complexity index is 489.